The Bertz CT molecular complexity index is 674. The summed E-state index contributed by atoms with van der Waals surface area (Å²) in [4.78, 5) is 0. The van der Waals surface area contributed by atoms with Gasteiger partial charge >= 0.3 is 0 Å². The molecule has 1 fully saturated rings. The van der Waals surface area contributed by atoms with Gasteiger partial charge in [-0.3, -0.25) is 5.32 Å². The van der Waals surface area contributed by atoms with E-state index in [0.717, 1.165) is 13.2 Å². The molecule has 0 aromatic heterocycles. The van der Waals surface area contributed by atoms with Gasteiger partial charge in [0, 0.05) is 6.54 Å². The molecule has 2 nitrogen and oxygen atoms in total. The van der Waals surface area contributed by atoms with Crippen molar-refractivity contribution in [2.45, 2.75) is 5.97 Å². The molecular weight excluding hydrogens is 313 g/mol. The maximum atomic E-state index is 6.22. The van der Waals surface area contributed by atoms with Gasteiger partial charge in [-0.25, -0.2) is 0 Å². The zero-order chi connectivity index (χ0) is 16.2. The number of ether oxygens (including phenoxy) is 1. The lowest BCUT2D eigenvalue weighted by atomic mass is 10.4. The predicted octanol–water partition coefficient (Wildman–Crippen LogP) is 2.88. The molecular formula is C21H21NOP+. The monoisotopic (exact) mass is 334 g/mol. The highest BCUT2D eigenvalue weighted by atomic mass is 31.2. The standard InChI is InChI=1S/C21H21NOP/c1-4-10-18(11-5-1)24(21-22-16-17-23-21,19-12-6-2-7-13-19)20-14-8-3-9-15-20/h1-15,21-22H,16-17H2/q+1. The third-order valence-corrected chi connectivity index (χ3v) is 8.91. The minimum Gasteiger partial charge on any atom is -0.329 e. The summed E-state index contributed by atoms with van der Waals surface area (Å²) >= 11 is 0. The molecule has 120 valence electrons. The maximum absolute atomic E-state index is 6.22. The first-order chi connectivity index (χ1) is 11.9. The zero-order valence-electron chi connectivity index (χ0n) is 13.5. The van der Waals surface area contributed by atoms with Crippen LogP contribution in [-0.2, 0) is 4.74 Å². The molecule has 24 heavy (non-hydrogen) atoms. The summed E-state index contributed by atoms with van der Waals surface area (Å²) in [5.74, 6) is 0.0182. The van der Waals surface area contributed by atoms with Gasteiger partial charge in [-0.15, -0.1) is 0 Å². The summed E-state index contributed by atoms with van der Waals surface area (Å²) in [7, 11) is -1.93. The Morgan fingerprint density at radius 2 is 1.08 bits per heavy atom. The Morgan fingerprint density at radius 1 is 0.667 bits per heavy atom. The highest BCUT2D eigenvalue weighted by Gasteiger charge is 2.54. The molecule has 1 saturated heterocycles. The van der Waals surface area contributed by atoms with E-state index < -0.39 is 7.26 Å². The van der Waals surface area contributed by atoms with Crippen molar-refractivity contribution >= 4 is 23.2 Å². The average molecular weight is 334 g/mol. The Kier molecular flexibility index (Phi) is 4.44. The molecule has 0 saturated carbocycles. The van der Waals surface area contributed by atoms with E-state index >= 15 is 0 Å². The summed E-state index contributed by atoms with van der Waals surface area (Å²) in [6, 6.07) is 32.5. The van der Waals surface area contributed by atoms with Crippen LogP contribution in [0.25, 0.3) is 0 Å². The molecule has 1 atom stereocenters. The fourth-order valence-electron chi connectivity index (χ4n) is 3.50. The van der Waals surface area contributed by atoms with Crippen molar-refractivity contribution in [3.05, 3.63) is 91.0 Å². The van der Waals surface area contributed by atoms with E-state index in [4.69, 9.17) is 4.74 Å². The maximum Gasteiger partial charge on any atom is 0.236 e. The molecule has 0 bridgehead atoms. The van der Waals surface area contributed by atoms with Crippen LogP contribution in [0, 0.1) is 0 Å². The van der Waals surface area contributed by atoms with Gasteiger partial charge < -0.3 is 4.74 Å². The van der Waals surface area contributed by atoms with Crippen molar-refractivity contribution in [2.24, 2.45) is 0 Å². The Balaban J connectivity index is 2.03. The molecule has 1 N–H and O–H groups in total. The molecule has 0 aliphatic carbocycles. The predicted molar refractivity (Wildman–Crippen MR) is 103 cm³/mol. The van der Waals surface area contributed by atoms with Gasteiger partial charge in [0.2, 0.25) is 5.97 Å². The highest BCUT2D eigenvalue weighted by molar-refractivity contribution is 7.96. The third kappa shape index (κ3) is 2.57. The van der Waals surface area contributed by atoms with Crippen LogP contribution in [0.4, 0.5) is 0 Å². The average Bonchev–Trinajstić information content (AvgIpc) is 3.20. The number of benzene rings is 3. The molecule has 1 aliphatic rings. The van der Waals surface area contributed by atoms with Crippen LogP contribution in [0.15, 0.2) is 91.0 Å². The van der Waals surface area contributed by atoms with Crippen molar-refractivity contribution in [3.8, 4) is 0 Å². The van der Waals surface area contributed by atoms with E-state index in [-0.39, 0.29) is 5.97 Å². The van der Waals surface area contributed by atoms with Gasteiger partial charge in [0.05, 0.1) is 6.61 Å². The summed E-state index contributed by atoms with van der Waals surface area (Å²) in [6.07, 6.45) is 0. The molecule has 0 radical (unpaired) electrons. The van der Waals surface area contributed by atoms with Crippen molar-refractivity contribution < 1.29 is 4.74 Å². The lowest BCUT2D eigenvalue weighted by Gasteiger charge is -2.31. The molecule has 0 amide bonds. The number of rotatable bonds is 4. The second kappa shape index (κ2) is 6.86. The van der Waals surface area contributed by atoms with Crippen LogP contribution in [0.1, 0.15) is 0 Å². The van der Waals surface area contributed by atoms with Crippen molar-refractivity contribution in [2.75, 3.05) is 13.2 Å². The summed E-state index contributed by atoms with van der Waals surface area (Å²) < 4.78 is 6.22. The smallest absolute Gasteiger partial charge is 0.236 e. The van der Waals surface area contributed by atoms with Crippen LogP contribution in [-0.4, -0.2) is 19.1 Å². The van der Waals surface area contributed by atoms with Gasteiger partial charge in [0.25, 0.3) is 0 Å². The molecule has 3 aromatic rings. The second-order valence-electron chi connectivity index (χ2n) is 5.91. The molecule has 0 spiro atoms. The molecule has 3 aromatic carbocycles. The van der Waals surface area contributed by atoms with Gasteiger partial charge in [-0.1, -0.05) is 54.6 Å². The van der Waals surface area contributed by atoms with Gasteiger partial charge in [-0.2, -0.15) is 0 Å². The molecule has 4 rings (SSSR count). The highest BCUT2D eigenvalue weighted by Crippen LogP contribution is 2.59. The van der Waals surface area contributed by atoms with Gasteiger partial charge in [0.15, 0.2) is 7.26 Å². The Labute approximate surface area is 143 Å². The number of nitrogens with one attached hydrogen (secondary N) is 1. The molecule has 1 aliphatic heterocycles. The normalized spacial score (nSPS) is 17.8. The first-order valence-corrected chi connectivity index (χ1v) is 10.2. The lowest BCUT2D eigenvalue weighted by Crippen LogP contribution is -2.43. The SMILES string of the molecule is c1ccc([P+](c2ccccc2)(c2ccccc2)C2NCCO2)cc1. The lowest BCUT2D eigenvalue weighted by molar-refractivity contribution is 0.164. The van der Waals surface area contributed by atoms with Crippen molar-refractivity contribution in [1.29, 1.82) is 0 Å². The molecule has 1 heterocycles. The zero-order valence-corrected chi connectivity index (χ0v) is 14.4. The van der Waals surface area contributed by atoms with Crippen molar-refractivity contribution in [1.82, 2.24) is 5.32 Å². The quantitative estimate of drug-likeness (QED) is 0.741. The third-order valence-electron chi connectivity index (χ3n) is 4.54. The van der Waals surface area contributed by atoms with E-state index in [1.807, 2.05) is 0 Å². The molecule has 1 unspecified atom stereocenters. The summed E-state index contributed by atoms with van der Waals surface area (Å²) in [5.41, 5.74) is 0. The van der Waals surface area contributed by atoms with E-state index in [1.165, 1.54) is 15.9 Å². The Morgan fingerprint density at radius 3 is 1.42 bits per heavy atom. The Hall–Kier alpha value is -1.99. The van der Waals surface area contributed by atoms with Crippen LogP contribution in [0.5, 0.6) is 0 Å². The second-order valence-corrected chi connectivity index (χ2v) is 9.37. The van der Waals surface area contributed by atoms with Crippen LogP contribution < -0.4 is 21.2 Å². The minimum absolute atomic E-state index is 0.0182. The minimum atomic E-state index is -1.93. The van der Waals surface area contributed by atoms with Gasteiger partial charge in [0.1, 0.15) is 15.9 Å². The molecule has 3 heteroatoms. The van der Waals surface area contributed by atoms with Crippen LogP contribution >= 0.6 is 7.26 Å². The number of hydrogen-bond acceptors (Lipinski definition) is 2. The van der Waals surface area contributed by atoms with Crippen molar-refractivity contribution in [3.63, 3.8) is 0 Å². The first-order valence-electron chi connectivity index (χ1n) is 8.33. The summed E-state index contributed by atoms with van der Waals surface area (Å²) in [6.45, 7) is 1.66. The van der Waals surface area contributed by atoms with E-state index in [9.17, 15) is 0 Å². The summed E-state index contributed by atoms with van der Waals surface area (Å²) in [5, 5.41) is 7.67. The number of hydrogen-bond donors (Lipinski definition) is 1. The topological polar surface area (TPSA) is 21.3 Å². The first kappa shape index (κ1) is 15.5. The van der Waals surface area contributed by atoms with Gasteiger partial charge in [-0.05, 0) is 36.4 Å². The van der Waals surface area contributed by atoms with E-state index in [2.05, 4.69) is 96.3 Å². The fourth-order valence-corrected chi connectivity index (χ4v) is 7.87. The fraction of sp³-hybridized carbons (Fsp3) is 0.143. The van der Waals surface area contributed by atoms with Crippen LogP contribution in [0.2, 0.25) is 0 Å². The largest absolute Gasteiger partial charge is 0.329 e. The van der Waals surface area contributed by atoms with E-state index in [0.29, 0.717) is 0 Å². The van der Waals surface area contributed by atoms with E-state index in [1.54, 1.807) is 0 Å². The van der Waals surface area contributed by atoms with Crippen LogP contribution in [0.3, 0.4) is 0 Å².